The summed E-state index contributed by atoms with van der Waals surface area (Å²) in [6.07, 6.45) is 1.61. The molecule has 0 saturated heterocycles. The van der Waals surface area contributed by atoms with Gasteiger partial charge in [-0.25, -0.2) is 0 Å². The molecule has 1 heterocycles. The summed E-state index contributed by atoms with van der Waals surface area (Å²) >= 11 is 0. The SMILES string of the molecule is COc1ccc(CNc2ccnc(C(=O)Nc3ccccc3C)c2)cc1OC. The standard InChI is InChI=1S/C22H23N3O3/c1-15-6-4-5-7-18(15)25-22(26)19-13-17(10-11-23-19)24-14-16-8-9-20(27-2)21(12-16)28-3/h4-13H,14H2,1-3H3,(H,23,24)(H,25,26). The molecule has 3 aromatic rings. The second-order valence-corrected chi connectivity index (χ2v) is 6.24. The molecule has 0 bridgehead atoms. The van der Waals surface area contributed by atoms with Crippen molar-refractivity contribution in [3.63, 3.8) is 0 Å². The Kier molecular flexibility index (Phi) is 6.11. The van der Waals surface area contributed by atoms with Gasteiger partial charge in [0.25, 0.3) is 5.91 Å². The highest BCUT2D eigenvalue weighted by atomic mass is 16.5. The van der Waals surface area contributed by atoms with Crippen LogP contribution in [0.3, 0.4) is 0 Å². The van der Waals surface area contributed by atoms with E-state index in [0.717, 1.165) is 22.5 Å². The lowest BCUT2D eigenvalue weighted by atomic mass is 10.2. The summed E-state index contributed by atoms with van der Waals surface area (Å²) < 4.78 is 10.6. The minimum atomic E-state index is -0.246. The number of ether oxygens (including phenoxy) is 2. The van der Waals surface area contributed by atoms with E-state index in [1.54, 1.807) is 26.5 Å². The molecule has 6 nitrogen and oxygen atoms in total. The molecule has 0 fully saturated rings. The fourth-order valence-electron chi connectivity index (χ4n) is 2.76. The average molecular weight is 377 g/mol. The number of benzene rings is 2. The topological polar surface area (TPSA) is 72.5 Å². The Morgan fingerprint density at radius 2 is 1.79 bits per heavy atom. The Balaban J connectivity index is 1.68. The van der Waals surface area contributed by atoms with Crippen molar-refractivity contribution in [2.45, 2.75) is 13.5 Å². The normalized spacial score (nSPS) is 10.2. The molecule has 0 atom stereocenters. The predicted octanol–water partition coefficient (Wildman–Crippen LogP) is 4.27. The summed E-state index contributed by atoms with van der Waals surface area (Å²) in [7, 11) is 3.22. The van der Waals surface area contributed by atoms with Gasteiger partial charge in [0.1, 0.15) is 5.69 Å². The Labute approximate surface area is 164 Å². The zero-order valence-electron chi connectivity index (χ0n) is 16.2. The van der Waals surface area contributed by atoms with Gasteiger partial charge < -0.3 is 20.1 Å². The Morgan fingerprint density at radius 1 is 1.00 bits per heavy atom. The smallest absolute Gasteiger partial charge is 0.274 e. The van der Waals surface area contributed by atoms with E-state index >= 15 is 0 Å². The van der Waals surface area contributed by atoms with E-state index in [9.17, 15) is 4.79 Å². The van der Waals surface area contributed by atoms with Gasteiger partial charge in [0.2, 0.25) is 0 Å². The Morgan fingerprint density at radius 3 is 2.54 bits per heavy atom. The maximum Gasteiger partial charge on any atom is 0.274 e. The van der Waals surface area contributed by atoms with Gasteiger partial charge in [0.05, 0.1) is 14.2 Å². The number of amides is 1. The van der Waals surface area contributed by atoms with Crippen LogP contribution in [0.1, 0.15) is 21.6 Å². The molecule has 28 heavy (non-hydrogen) atoms. The molecule has 3 rings (SSSR count). The van der Waals surface area contributed by atoms with Crippen LogP contribution in [0.15, 0.2) is 60.8 Å². The second kappa shape index (κ2) is 8.90. The average Bonchev–Trinajstić information content (AvgIpc) is 2.73. The summed E-state index contributed by atoms with van der Waals surface area (Å²) in [5.74, 6) is 1.12. The number of nitrogens with zero attached hydrogens (tertiary/aromatic N) is 1. The first-order chi connectivity index (χ1) is 13.6. The molecule has 144 valence electrons. The molecule has 1 amide bonds. The van der Waals surface area contributed by atoms with E-state index in [-0.39, 0.29) is 5.91 Å². The molecule has 6 heteroatoms. The number of aromatic nitrogens is 1. The van der Waals surface area contributed by atoms with Crippen molar-refractivity contribution < 1.29 is 14.3 Å². The van der Waals surface area contributed by atoms with Gasteiger partial charge in [-0.05, 0) is 48.4 Å². The first-order valence-corrected chi connectivity index (χ1v) is 8.88. The van der Waals surface area contributed by atoms with Crippen molar-refractivity contribution in [3.8, 4) is 11.5 Å². The summed E-state index contributed by atoms with van der Waals surface area (Å²) in [5, 5.41) is 6.20. The zero-order valence-corrected chi connectivity index (χ0v) is 16.2. The van der Waals surface area contributed by atoms with Crippen molar-refractivity contribution in [2.24, 2.45) is 0 Å². The van der Waals surface area contributed by atoms with Crippen molar-refractivity contribution in [1.82, 2.24) is 4.98 Å². The van der Waals surface area contributed by atoms with Gasteiger partial charge in [-0.2, -0.15) is 0 Å². The maximum atomic E-state index is 12.5. The fourth-order valence-corrected chi connectivity index (χ4v) is 2.76. The number of anilines is 2. The number of carbonyl (C=O) groups excluding carboxylic acids is 1. The molecule has 0 unspecified atom stereocenters. The third kappa shape index (κ3) is 4.59. The molecular weight excluding hydrogens is 354 g/mol. The van der Waals surface area contributed by atoms with Gasteiger partial charge in [0, 0.05) is 24.1 Å². The quantitative estimate of drug-likeness (QED) is 0.643. The second-order valence-electron chi connectivity index (χ2n) is 6.24. The lowest BCUT2D eigenvalue weighted by Gasteiger charge is -2.12. The summed E-state index contributed by atoms with van der Waals surface area (Å²) in [6, 6.07) is 16.9. The van der Waals surface area contributed by atoms with Crippen LogP contribution in [0, 0.1) is 6.92 Å². The van der Waals surface area contributed by atoms with E-state index in [4.69, 9.17) is 9.47 Å². The van der Waals surface area contributed by atoms with Crippen LogP contribution in [0.5, 0.6) is 11.5 Å². The number of methoxy groups -OCH3 is 2. The molecule has 0 aliphatic carbocycles. The van der Waals surface area contributed by atoms with Gasteiger partial charge in [0.15, 0.2) is 11.5 Å². The van der Waals surface area contributed by atoms with E-state index in [2.05, 4.69) is 15.6 Å². The van der Waals surface area contributed by atoms with Gasteiger partial charge in [-0.1, -0.05) is 24.3 Å². The number of aryl methyl sites for hydroxylation is 1. The molecule has 0 aliphatic rings. The minimum absolute atomic E-state index is 0.246. The number of para-hydroxylation sites is 1. The number of carbonyl (C=O) groups is 1. The molecule has 1 aromatic heterocycles. The number of pyridine rings is 1. The van der Waals surface area contributed by atoms with E-state index in [0.29, 0.717) is 23.7 Å². The summed E-state index contributed by atoms with van der Waals surface area (Å²) in [5.41, 5.74) is 3.96. The number of nitrogens with one attached hydrogen (secondary N) is 2. The van der Waals surface area contributed by atoms with Crippen LogP contribution in [0.2, 0.25) is 0 Å². The van der Waals surface area contributed by atoms with Gasteiger partial charge in [-0.3, -0.25) is 9.78 Å². The third-order valence-corrected chi connectivity index (χ3v) is 4.33. The lowest BCUT2D eigenvalue weighted by Crippen LogP contribution is -2.14. The third-order valence-electron chi connectivity index (χ3n) is 4.33. The van der Waals surface area contributed by atoms with Crippen LogP contribution in [-0.4, -0.2) is 25.1 Å². The first-order valence-electron chi connectivity index (χ1n) is 8.88. The molecule has 0 saturated carbocycles. The lowest BCUT2D eigenvalue weighted by molar-refractivity contribution is 0.102. The first kappa shape index (κ1) is 19.2. The molecule has 2 N–H and O–H groups in total. The summed E-state index contributed by atoms with van der Waals surface area (Å²) in [6.45, 7) is 2.52. The van der Waals surface area contributed by atoms with Crippen LogP contribution in [0.4, 0.5) is 11.4 Å². The largest absolute Gasteiger partial charge is 0.493 e. The molecule has 0 aliphatic heterocycles. The summed E-state index contributed by atoms with van der Waals surface area (Å²) in [4.78, 5) is 16.7. The fraction of sp³-hybridized carbons (Fsp3) is 0.182. The van der Waals surface area contributed by atoms with Gasteiger partial charge >= 0.3 is 0 Å². The Hall–Kier alpha value is -3.54. The highest BCUT2D eigenvalue weighted by Gasteiger charge is 2.10. The molecule has 0 spiro atoms. The van der Waals surface area contributed by atoms with Crippen molar-refractivity contribution in [1.29, 1.82) is 0 Å². The minimum Gasteiger partial charge on any atom is -0.493 e. The maximum absolute atomic E-state index is 12.5. The Bertz CT molecular complexity index is 973. The molecule has 2 aromatic carbocycles. The van der Waals surface area contributed by atoms with Crippen LogP contribution in [0.25, 0.3) is 0 Å². The number of hydrogen-bond acceptors (Lipinski definition) is 5. The van der Waals surface area contributed by atoms with E-state index in [1.807, 2.05) is 55.5 Å². The molecular formula is C22H23N3O3. The highest BCUT2D eigenvalue weighted by Crippen LogP contribution is 2.27. The van der Waals surface area contributed by atoms with Crippen molar-refractivity contribution >= 4 is 17.3 Å². The zero-order chi connectivity index (χ0) is 19.9. The van der Waals surface area contributed by atoms with Crippen LogP contribution < -0.4 is 20.1 Å². The monoisotopic (exact) mass is 377 g/mol. The number of rotatable bonds is 7. The van der Waals surface area contributed by atoms with E-state index < -0.39 is 0 Å². The number of hydrogen-bond donors (Lipinski definition) is 2. The highest BCUT2D eigenvalue weighted by molar-refractivity contribution is 6.03. The van der Waals surface area contributed by atoms with E-state index in [1.165, 1.54) is 0 Å². The van der Waals surface area contributed by atoms with Crippen LogP contribution >= 0.6 is 0 Å². The van der Waals surface area contributed by atoms with Crippen molar-refractivity contribution in [3.05, 3.63) is 77.6 Å². The van der Waals surface area contributed by atoms with Crippen molar-refractivity contribution in [2.75, 3.05) is 24.9 Å². The molecule has 0 radical (unpaired) electrons. The predicted molar refractivity (Wildman–Crippen MR) is 110 cm³/mol. The van der Waals surface area contributed by atoms with Crippen LogP contribution in [-0.2, 0) is 6.54 Å². The van der Waals surface area contributed by atoms with Gasteiger partial charge in [-0.15, -0.1) is 0 Å².